The molecule has 7 nitrogen and oxygen atoms in total. The van der Waals surface area contributed by atoms with Gasteiger partial charge in [0.2, 0.25) is 0 Å². The van der Waals surface area contributed by atoms with Gasteiger partial charge in [0.15, 0.2) is 0 Å². The number of imide groups is 1. The number of halogens is 3. The Hall–Kier alpha value is -2.50. The first kappa shape index (κ1) is 23.8. The maximum absolute atomic E-state index is 12.1. The Morgan fingerprint density at radius 3 is 2.13 bits per heavy atom. The van der Waals surface area contributed by atoms with Crippen LogP contribution < -0.4 is 5.32 Å². The first-order valence-corrected chi connectivity index (χ1v) is 10.4. The maximum atomic E-state index is 12.1. The highest BCUT2D eigenvalue weighted by molar-refractivity contribution is 7.86. The van der Waals surface area contributed by atoms with Gasteiger partial charge >= 0.3 is 15.6 Å². The molecule has 0 saturated heterocycles. The van der Waals surface area contributed by atoms with Crippen LogP contribution in [0.5, 0.6) is 0 Å². The zero-order chi connectivity index (χ0) is 22.7. The third-order valence-electron chi connectivity index (χ3n) is 4.35. The van der Waals surface area contributed by atoms with Crippen molar-refractivity contribution in [2.75, 3.05) is 6.61 Å². The summed E-state index contributed by atoms with van der Waals surface area (Å²) in [6.07, 6.45) is 1.90. The lowest BCUT2D eigenvalue weighted by atomic mass is 9.89. The Bertz CT molecular complexity index is 1040. The van der Waals surface area contributed by atoms with E-state index < -0.39 is 15.6 Å². The number of carbonyl (C=O) groups excluding carboxylic acids is 2. The van der Waals surface area contributed by atoms with Gasteiger partial charge in [-0.15, -0.1) is 0 Å². The highest BCUT2D eigenvalue weighted by atomic mass is 32.2. The third-order valence-corrected chi connectivity index (χ3v) is 4.93. The van der Waals surface area contributed by atoms with Crippen LogP contribution in [0.2, 0.25) is 0 Å². The lowest BCUT2D eigenvalue weighted by Gasteiger charge is -2.22. The molecule has 1 aliphatic rings. The van der Waals surface area contributed by atoms with E-state index >= 15 is 0 Å². The fourth-order valence-corrected chi connectivity index (χ4v) is 3.12. The highest BCUT2D eigenvalue weighted by Crippen LogP contribution is 2.34. The summed E-state index contributed by atoms with van der Waals surface area (Å²) in [5, 5.41) is 4.07. The lowest BCUT2D eigenvalue weighted by Crippen LogP contribution is -2.34. The monoisotopic (exact) mass is 447 g/mol. The molecular formula is C19H20F3NO6S. The number of carbonyl (C=O) groups is 2. The van der Waals surface area contributed by atoms with Crippen molar-refractivity contribution in [1.82, 2.24) is 5.32 Å². The molecule has 30 heavy (non-hydrogen) atoms. The van der Waals surface area contributed by atoms with Gasteiger partial charge in [0.05, 0.1) is 6.10 Å². The van der Waals surface area contributed by atoms with Gasteiger partial charge in [-0.1, -0.05) is 31.5 Å². The van der Waals surface area contributed by atoms with E-state index in [1.165, 1.54) is 0 Å². The standard InChI is InChI=1S/C18H19NO3.CHF3O3S/c1-3-6-15(22-4-2)11-9-10-14-16-12(11)7-5-8-13(16)17(20)19-18(14)21;2-1(3,4)8(5,6)7/h5,7-10,15H,3-4,6H2,1-2H3,(H,19,20,21);(H,5,6,7). The van der Waals surface area contributed by atoms with E-state index in [4.69, 9.17) is 17.7 Å². The molecular weight excluding hydrogens is 427 g/mol. The minimum atomic E-state index is -5.84. The Kier molecular flexibility index (Phi) is 7.22. The van der Waals surface area contributed by atoms with Gasteiger partial charge in [-0.05, 0) is 36.4 Å². The van der Waals surface area contributed by atoms with E-state index in [1.54, 1.807) is 12.1 Å². The summed E-state index contributed by atoms with van der Waals surface area (Å²) in [5.74, 6) is -0.660. The largest absolute Gasteiger partial charge is 0.522 e. The normalized spacial score (nSPS) is 14.7. The van der Waals surface area contributed by atoms with Crippen molar-refractivity contribution in [3.05, 3.63) is 47.0 Å². The Labute approximate surface area is 171 Å². The lowest BCUT2D eigenvalue weighted by molar-refractivity contribution is -0.0510. The van der Waals surface area contributed by atoms with Crippen LogP contribution in [-0.2, 0) is 14.9 Å². The summed E-state index contributed by atoms with van der Waals surface area (Å²) in [6, 6.07) is 9.32. The van der Waals surface area contributed by atoms with E-state index in [2.05, 4.69) is 12.2 Å². The minimum Gasteiger partial charge on any atom is -0.374 e. The van der Waals surface area contributed by atoms with Crippen molar-refractivity contribution in [3.63, 3.8) is 0 Å². The molecule has 1 aliphatic heterocycles. The van der Waals surface area contributed by atoms with Gasteiger partial charge < -0.3 is 4.74 Å². The fourth-order valence-electron chi connectivity index (χ4n) is 3.12. The molecule has 2 N–H and O–H groups in total. The Morgan fingerprint density at radius 1 is 1.07 bits per heavy atom. The van der Waals surface area contributed by atoms with Crippen molar-refractivity contribution in [1.29, 1.82) is 0 Å². The minimum absolute atomic E-state index is 0.0145. The molecule has 164 valence electrons. The van der Waals surface area contributed by atoms with Crippen LogP contribution in [-0.4, -0.2) is 36.9 Å². The van der Waals surface area contributed by atoms with Crippen LogP contribution in [0.15, 0.2) is 30.3 Å². The molecule has 2 aromatic carbocycles. The first-order valence-electron chi connectivity index (χ1n) is 8.99. The molecule has 3 rings (SSSR count). The van der Waals surface area contributed by atoms with Crippen LogP contribution in [0.25, 0.3) is 10.8 Å². The van der Waals surface area contributed by atoms with Gasteiger partial charge in [0.25, 0.3) is 11.8 Å². The second kappa shape index (κ2) is 9.11. The number of rotatable bonds is 5. The number of hydrogen-bond acceptors (Lipinski definition) is 5. The van der Waals surface area contributed by atoms with Crippen LogP contribution >= 0.6 is 0 Å². The van der Waals surface area contributed by atoms with Crippen LogP contribution in [0.1, 0.15) is 59.1 Å². The molecule has 0 aliphatic carbocycles. The molecule has 1 heterocycles. The number of alkyl halides is 3. The molecule has 0 fully saturated rings. The van der Waals surface area contributed by atoms with E-state index in [-0.39, 0.29) is 17.9 Å². The summed E-state index contributed by atoms with van der Waals surface area (Å²) in [7, 11) is -5.84. The van der Waals surface area contributed by atoms with Crippen molar-refractivity contribution in [3.8, 4) is 0 Å². The maximum Gasteiger partial charge on any atom is 0.522 e. The van der Waals surface area contributed by atoms with E-state index in [0.717, 1.165) is 29.2 Å². The van der Waals surface area contributed by atoms with Crippen molar-refractivity contribution in [2.24, 2.45) is 0 Å². The summed E-state index contributed by atoms with van der Waals surface area (Å²) in [4.78, 5) is 24.1. The molecule has 0 bridgehead atoms. The second-order valence-corrected chi connectivity index (χ2v) is 7.78. The van der Waals surface area contributed by atoms with Gasteiger partial charge in [-0.2, -0.15) is 21.6 Å². The SMILES string of the molecule is CCCC(OCC)c1ccc2c3c(cccc13)C(=O)NC2=O.O=S(=O)(O)C(F)(F)F. The number of nitrogens with one attached hydrogen (secondary N) is 1. The third kappa shape index (κ3) is 4.97. The smallest absolute Gasteiger partial charge is 0.374 e. The number of benzene rings is 2. The van der Waals surface area contributed by atoms with E-state index in [9.17, 15) is 22.8 Å². The molecule has 2 aromatic rings. The van der Waals surface area contributed by atoms with Gasteiger partial charge in [-0.25, -0.2) is 0 Å². The molecule has 11 heteroatoms. The molecule has 2 amide bonds. The number of hydrogen-bond donors (Lipinski definition) is 2. The molecule has 1 atom stereocenters. The summed E-state index contributed by atoms with van der Waals surface area (Å²) in [6.45, 7) is 4.73. The van der Waals surface area contributed by atoms with Gasteiger partial charge in [-0.3, -0.25) is 19.5 Å². The van der Waals surface area contributed by atoms with Crippen molar-refractivity contribution >= 4 is 32.7 Å². The molecule has 0 radical (unpaired) electrons. The van der Waals surface area contributed by atoms with Gasteiger partial charge in [0, 0.05) is 23.1 Å². The predicted octanol–water partition coefficient (Wildman–Crippen LogP) is 4.00. The van der Waals surface area contributed by atoms with E-state index in [1.807, 2.05) is 25.1 Å². The van der Waals surface area contributed by atoms with Gasteiger partial charge in [0.1, 0.15) is 0 Å². The summed E-state index contributed by atoms with van der Waals surface area (Å²) in [5.41, 5.74) is -3.37. The highest BCUT2D eigenvalue weighted by Gasteiger charge is 2.44. The zero-order valence-corrected chi connectivity index (χ0v) is 16.9. The molecule has 0 spiro atoms. The summed E-state index contributed by atoms with van der Waals surface area (Å²) >= 11 is 0. The molecule has 0 aromatic heterocycles. The number of amides is 2. The van der Waals surface area contributed by atoms with E-state index in [0.29, 0.717) is 17.7 Å². The zero-order valence-electron chi connectivity index (χ0n) is 16.1. The number of ether oxygens (including phenoxy) is 1. The topological polar surface area (TPSA) is 110 Å². The Morgan fingerprint density at radius 2 is 1.63 bits per heavy atom. The average molecular weight is 447 g/mol. The molecule has 1 unspecified atom stereocenters. The van der Waals surface area contributed by atoms with Crippen LogP contribution in [0.3, 0.4) is 0 Å². The van der Waals surface area contributed by atoms with Crippen molar-refractivity contribution < 1.29 is 40.5 Å². The average Bonchev–Trinajstić information content (AvgIpc) is 2.64. The fraction of sp³-hybridized carbons (Fsp3) is 0.368. The quantitative estimate of drug-likeness (QED) is 0.407. The predicted molar refractivity (Wildman–Crippen MR) is 103 cm³/mol. The van der Waals surface area contributed by atoms with Crippen LogP contribution in [0, 0.1) is 0 Å². The Balaban J connectivity index is 0.000000343. The molecule has 0 saturated carbocycles. The second-order valence-electron chi connectivity index (χ2n) is 6.37. The first-order chi connectivity index (χ1) is 13.9. The summed E-state index contributed by atoms with van der Waals surface area (Å²) < 4.78 is 63.4. The van der Waals surface area contributed by atoms with Crippen molar-refractivity contribution in [2.45, 2.75) is 38.3 Å². The van der Waals surface area contributed by atoms with Crippen LogP contribution in [0.4, 0.5) is 13.2 Å².